The van der Waals surface area contributed by atoms with Crippen LogP contribution in [-0.2, 0) is 0 Å². The minimum Gasteiger partial charge on any atom is -0.365 e. The van der Waals surface area contributed by atoms with Crippen LogP contribution in [0.5, 0.6) is 0 Å². The first-order valence-corrected chi connectivity index (χ1v) is 3.43. The average Bonchev–Trinajstić information content (AvgIpc) is 2.13. The van der Waals surface area contributed by atoms with Crippen LogP contribution in [0.25, 0.3) is 0 Å². The van der Waals surface area contributed by atoms with E-state index in [9.17, 15) is 4.79 Å². The Balaban J connectivity index is 3.08. The number of primary amides is 1. The van der Waals surface area contributed by atoms with Gasteiger partial charge in [-0.05, 0) is 23.9 Å². The van der Waals surface area contributed by atoms with Crippen LogP contribution in [-0.4, -0.2) is 5.91 Å². The Morgan fingerprint density at radius 3 is 2.67 bits per heavy atom. The van der Waals surface area contributed by atoms with Gasteiger partial charge in [0.2, 0.25) is 0 Å². The normalized spacial score (nSPS) is 9.44. The number of hydrogen-bond donors (Lipinski definition) is 1. The van der Waals surface area contributed by atoms with Crippen LogP contribution in [0.4, 0.5) is 0 Å². The van der Waals surface area contributed by atoms with Crippen LogP contribution in [0, 0.1) is 6.92 Å². The molecule has 1 rings (SSSR count). The molecular formula is C6H7NOS. The van der Waals surface area contributed by atoms with Gasteiger partial charge in [0.25, 0.3) is 5.91 Å². The maximum atomic E-state index is 10.5. The molecule has 0 aliphatic heterocycles. The molecule has 0 saturated heterocycles. The largest absolute Gasteiger partial charge is 0.365 e. The summed E-state index contributed by atoms with van der Waals surface area (Å²) in [7, 11) is 0. The molecule has 2 N–H and O–H groups in total. The Hall–Kier alpha value is -0.830. The molecule has 0 aromatic carbocycles. The fraction of sp³-hybridized carbons (Fsp3) is 0.167. The Kier molecular flexibility index (Phi) is 1.53. The van der Waals surface area contributed by atoms with Crippen LogP contribution >= 0.6 is 11.3 Å². The number of thiophene rings is 1. The van der Waals surface area contributed by atoms with E-state index in [2.05, 4.69) is 0 Å². The van der Waals surface area contributed by atoms with E-state index in [1.165, 1.54) is 11.3 Å². The van der Waals surface area contributed by atoms with Crippen LogP contribution in [0.15, 0.2) is 11.4 Å². The molecule has 0 spiro atoms. The van der Waals surface area contributed by atoms with Crippen LogP contribution in [0.3, 0.4) is 0 Å². The quantitative estimate of drug-likeness (QED) is 0.626. The van der Waals surface area contributed by atoms with Crippen molar-refractivity contribution < 1.29 is 4.79 Å². The van der Waals surface area contributed by atoms with Gasteiger partial charge >= 0.3 is 0 Å². The third-order valence-corrected chi connectivity index (χ3v) is 2.12. The lowest BCUT2D eigenvalue weighted by Crippen LogP contribution is -2.09. The third kappa shape index (κ3) is 1.10. The zero-order chi connectivity index (χ0) is 6.85. The van der Waals surface area contributed by atoms with E-state index >= 15 is 0 Å². The zero-order valence-electron chi connectivity index (χ0n) is 5.05. The highest BCUT2D eigenvalue weighted by Crippen LogP contribution is 2.13. The molecule has 0 bridgehead atoms. The standard InChI is InChI=1S/C6H7NOS/c1-4-2-3-9-5(4)6(7)8/h2-3H,1H3,(H2,7,8). The van der Waals surface area contributed by atoms with Gasteiger partial charge in [-0.1, -0.05) is 0 Å². The molecule has 1 aromatic heterocycles. The molecule has 1 amide bonds. The molecular weight excluding hydrogens is 134 g/mol. The molecule has 1 heterocycles. The van der Waals surface area contributed by atoms with Crippen molar-refractivity contribution in [2.75, 3.05) is 0 Å². The molecule has 2 nitrogen and oxygen atoms in total. The number of carbonyl (C=O) groups excluding carboxylic acids is 1. The van der Waals surface area contributed by atoms with Crippen molar-refractivity contribution in [3.63, 3.8) is 0 Å². The van der Waals surface area contributed by atoms with Crippen molar-refractivity contribution in [1.29, 1.82) is 0 Å². The van der Waals surface area contributed by atoms with Gasteiger partial charge in [0.1, 0.15) is 0 Å². The molecule has 0 saturated carbocycles. The zero-order valence-corrected chi connectivity index (χ0v) is 5.87. The molecule has 0 fully saturated rings. The molecule has 0 unspecified atom stereocenters. The SMILES string of the molecule is Cc1ccsc1C(N)=O. The Morgan fingerprint density at radius 2 is 2.44 bits per heavy atom. The Labute approximate surface area is 57.3 Å². The van der Waals surface area contributed by atoms with E-state index in [0.29, 0.717) is 4.88 Å². The van der Waals surface area contributed by atoms with E-state index in [0.717, 1.165) is 5.56 Å². The summed E-state index contributed by atoms with van der Waals surface area (Å²) in [5.74, 6) is -0.331. The predicted molar refractivity (Wildman–Crippen MR) is 37.6 cm³/mol. The summed E-state index contributed by atoms with van der Waals surface area (Å²) < 4.78 is 0. The van der Waals surface area contributed by atoms with Crippen molar-refractivity contribution >= 4 is 17.2 Å². The van der Waals surface area contributed by atoms with E-state index < -0.39 is 0 Å². The van der Waals surface area contributed by atoms with Gasteiger partial charge in [-0.3, -0.25) is 4.79 Å². The summed E-state index contributed by atoms with van der Waals surface area (Å²) in [6.45, 7) is 1.87. The number of carbonyl (C=O) groups is 1. The van der Waals surface area contributed by atoms with E-state index in [-0.39, 0.29) is 5.91 Å². The maximum absolute atomic E-state index is 10.5. The lowest BCUT2D eigenvalue weighted by atomic mass is 10.3. The van der Waals surface area contributed by atoms with Crippen molar-refractivity contribution in [3.05, 3.63) is 21.9 Å². The Morgan fingerprint density at radius 1 is 1.78 bits per heavy atom. The van der Waals surface area contributed by atoms with Gasteiger partial charge in [0.15, 0.2) is 0 Å². The van der Waals surface area contributed by atoms with Crippen LogP contribution < -0.4 is 5.73 Å². The van der Waals surface area contributed by atoms with Gasteiger partial charge in [-0.25, -0.2) is 0 Å². The lowest BCUT2D eigenvalue weighted by Gasteiger charge is -1.87. The van der Waals surface area contributed by atoms with Gasteiger partial charge in [-0.2, -0.15) is 0 Å². The highest BCUT2D eigenvalue weighted by molar-refractivity contribution is 7.12. The minimum absolute atomic E-state index is 0.331. The molecule has 0 atom stereocenters. The molecule has 9 heavy (non-hydrogen) atoms. The number of nitrogens with two attached hydrogens (primary N) is 1. The topological polar surface area (TPSA) is 43.1 Å². The molecule has 0 aliphatic rings. The third-order valence-electron chi connectivity index (χ3n) is 1.09. The summed E-state index contributed by atoms with van der Waals surface area (Å²) in [6, 6.07) is 1.88. The number of hydrogen-bond acceptors (Lipinski definition) is 2. The molecule has 0 aliphatic carbocycles. The van der Waals surface area contributed by atoms with Crippen molar-refractivity contribution in [1.82, 2.24) is 0 Å². The summed E-state index contributed by atoms with van der Waals surface area (Å²) in [5.41, 5.74) is 6.00. The second-order valence-electron chi connectivity index (χ2n) is 1.80. The van der Waals surface area contributed by atoms with Gasteiger partial charge < -0.3 is 5.73 Å². The van der Waals surface area contributed by atoms with Crippen molar-refractivity contribution in [2.45, 2.75) is 6.92 Å². The smallest absolute Gasteiger partial charge is 0.259 e. The number of aryl methyl sites for hydroxylation is 1. The highest BCUT2D eigenvalue weighted by atomic mass is 32.1. The van der Waals surface area contributed by atoms with E-state index in [1.54, 1.807) is 0 Å². The van der Waals surface area contributed by atoms with Gasteiger partial charge in [0, 0.05) is 0 Å². The summed E-state index contributed by atoms with van der Waals surface area (Å²) >= 11 is 1.38. The fourth-order valence-electron chi connectivity index (χ4n) is 0.625. The number of amides is 1. The summed E-state index contributed by atoms with van der Waals surface area (Å²) in [5, 5.41) is 1.86. The second-order valence-corrected chi connectivity index (χ2v) is 2.71. The number of rotatable bonds is 1. The van der Waals surface area contributed by atoms with Crippen LogP contribution in [0.1, 0.15) is 15.2 Å². The molecule has 48 valence electrons. The van der Waals surface area contributed by atoms with E-state index in [4.69, 9.17) is 5.73 Å². The fourth-order valence-corrected chi connectivity index (χ4v) is 1.40. The summed E-state index contributed by atoms with van der Waals surface area (Å²) in [6.07, 6.45) is 0. The van der Waals surface area contributed by atoms with Gasteiger partial charge in [-0.15, -0.1) is 11.3 Å². The molecule has 1 aromatic rings. The first-order chi connectivity index (χ1) is 4.22. The average molecular weight is 141 g/mol. The molecule has 3 heteroatoms. The minimum atomic E-state index is -0.331. The Bertz CT molecular complexity index is 229. The monoisotopic (exact) mass is 141 g/mol. The van der Waals surface area contributed by atoms with Gasteiger partial charge in [0.05, 0.1) is 4.88 Å². The predicted octanol–water partition coefficient (Wildman–Crippen LogP) is 1.16. The summed E-state index contributed by atoms with van der Waals surface area (Å²) in [4.78, 5) is 11.2. The maximum Gasteiger partial charge on any atom is 0.259 e. The first-order valence-electron chi connectivity index (χ1n) is 2.55. The van der Waals surface area contributed by atoms with Crippen molar-refractivity contribution in [3.8, 4) is 0 Å². The second kappa shape index (κ2) is 2.19. The highest BCUT2D eigenvalue weighted by Gasteiger charge is 2.03. The van der Waals surface area contributed by atoms with Crippen molar-refractivity contribution in [2.24, 2.45) is 5.73 Å². The first kappa shape index (κ1) is 6.29. The van der Waals surface area contributed by atoms with E-state index in [1.807, 2.05) is 18.4 Å². The van der Waals surface area contributed by atoms with Crippen LogP contribution in [0.2, 0.25) is 0 Å². The molecule has 0 radical (unpaired) electrons. The lowest BCUT2D eigenvalue weighted by molar-refractivity contribution is 0.100.